The maximum Gasteiger partial charge on any atom is 0.128 e. The van der Waals surface area contributed by atoms with E-state index in [-0.39, 0.29) is 11.9 Å². The van der Waals surface area contributed by atoms with Gasteiger partial charge in [0.1, 0.15) is 5.82 Å². The molecule has 1 N–H and O–H groups in total. The molecule has 0 bridgehead atoms. The van der Waals surface area contributed by atoms with Crippen LogP contribution in [-0.4, -0.2) is 11.5 Å². The normalized spacial score (nSPS) is 12.4. The van der Waals surface area contributed by atoms with Gasteiger partial charge in [0, 0.05) is 22.4 Å². The summed E-state index contributed by atoms with van der Waals surface area (Å²) in [7, 11) is 0. The molecule has 4 heteroatoms. The highest BCUT2D eigenvalue weighted by Crippen LogP contribution is 2.25. The molecule has 2 nitrogen and oxygen atoms in total. The molecule has 2 aromatic rings. The number of nitrogens with zero attached hydrogens (tertiary/aromatic N) is 1. The van der Waals surface area contributed by atoms with Crippen molar-refractivity contribution < 1.29 is 4.39 Å². The van der Waals surface area contributed by atoms with E-state index in [0.29, 0.717) is 5.56 Å². The summed E-state index contributed by atoms with van der Waals surface area (Å²) in [6.45, 7) is 2.75. The molecule has 1 unspecified atom stereocenters. The first-order chi connectivity index (χ1) is 8.72. The van der Waals surface area contributed by atoms with Gasteiger partial charge in [0.05, 0.1) is 6.04 Å². The summed E-state index contributed by atoms with van der Waals surface area (Å²) in [5.74, 6) is -0.205. The summed E-state index contributed by atoms with van der Waals surface area (Å²) in [6, 6.07) is 8.58. The molecule has 0 aliphatic heterocycles. The van der Waals surface area contributed by atoms with Gasteiger partial charge in [0.2, 0.25) is 0 Å². The fourth-order valence-electron chi connectivity index (χ4n) is 1.91. The average Bonchev–Trinajstić information content (AvgIpc) is 2.37. The molecule has 0 amide bonds. The Kier molecular flexibility index (Phi) is 4.44. The molecular formula is C14H14BrFN2. The predicted molar refractivity (Wildman–Crippen MR) is 73.9 cm³/mol. The first-order valence-electron chi connectivity index (χ1n) is 5.80. The van der Waals surface area contributed by atoms with Crippen LogP contribution in [-0.2, 0) is 0 Å². The van der Waals surface area contributed by atoms with E-state index in [1.807, 2.05) is 19.1 Å². The Labute approximate surface area is 114 Å². The highest BCUT2D eigenvalue weighted by Gasteiger charge is 2.16. The standard InChI is InChI=1S/C14H14BrFN2/c1-2-18-14(10-7-11(15)9-17-8-10)12-5-3-4-6-13(12)16/h3-9,14,18H,2H2,1H3. The number of halogens is 2. The number of benzene rings is 1. The van der Waals surface area contributed by atoms with Crippen LogP contribution in [0.4, 0.5) is 4.39 Å². The minimum atomic E-state index is -0.205. The average molecular weight is 309 g/mol. The van der Waals surface area contributed by atoms with Crippen LogP contribution in [0.5, 0.6) is 0 Å². The molecule has 0 aliphatic rings. The van der Waals surface area contributed by atoms with Crippen LogP contribution >= 0.6 is 15.9 Å². The second kappa shape index (κ2) is 6.07. The Bertz CT molecular complexity index is 531. The van der Waals surface area contributed by atoms with Crippen LogP contribution < -0.4 is 5.32 Å². The predicted octanol–water partition coefficient (Wildman–Crippen LogP) is 3.68. The van der Waals surface area contributed by atoms with Crippen LogP contribution in [0.25, 0.3) is 0 Å². The second-order valence-electron chi connectivity index (χ2n) is 3.95. The Morgan fingerprint density at radius 2 is 2.11 bits per heavy atom. The summed E-state index contributed by atoms with van der Waals surface area (Å²) in [5, 5.41) is 3.28. The topological polar surface area (TPSA) is 24.9 Å². The summed E-state index contributed by atoms with van der Waals surface area (Å²) in [5.41, 5.74) is 1.58. The lowest BCUT2D eigenvalue weighted by atomic mass is 10.00. The SMILES string of the molecule is CCNC(c1cncc(Br)c1)c1ccccc1F. The van der Waals surface area contributed by atoms with Gasteiger partial charge in [-0.25, -0.2) is 4.39 Å². The number of nitrogens with one attached hydrogen (secondary N) is 1. The Morgan fingerprint density at radius 1 is 1.33 bits per heavy atom. The van der Waals surface area contributed by atoms with E-state index >= 15 is 0 Å². The van der Waals surface area contributed by atoms with Gasteiger partial charge >= 0.3 is 0 Å². The molecule has 0 saturated carbocycles. The summed E-state index contributed by atoms with van der Waals surface area (Å²) in [4.78, 5) is 4.13. The van der Waals surface area contributed by atoms with Crippen molar-refractivity contribution in [1.29, 1.82) is 0 Å². The van der Waals surface area contributed by atoms with Crippen molar-refractivity contribution in [3.05, 3.63) is 64.1 Å². The van der Waals surface area contributed by atoms with E-state index < -0.39 is 0 Å². The zero-order chi connectivity index (χ0) is 13.0. The molecule has 1 atom stereocenters. The summed E-state index contributed by atoms with van der Waals surface area (Å²) >= 11 is 3.39. The highest BCUT2D eigenvalue weighted by molar-refractivity contribution is 9.10. The molecule has 0 spiro atoms. The van der Waals surface area contributed by atoms with Crippen molar-refractivity contribution in [1.82, 2.24) is 10.3 Å². The van der Waals surface area contributed by atoms with Crippen molar-refractivity contribution in [3.8, 4) is 0 Å². The third-order valence-electron chi connectivity index (χ3n) is 2.68. The maximum atomic E-state index is 13.9. The van der Waals surface area contributed by atoms with Gasteiger partial charge in [-0.3, -0.25) is 4.98 Å². The van der Waals surface area contributed by atoms with Crippen LogP contribution in [0, 0.1) is 5.82 Å². The number of aromatic nitrogens is 1. The second-order valence-corrected chi connectivity index (χ2v) is 4.86. The van der Waals surface area contributed by atoms with Gasteiger partial charge in [-0.1, -0.05) is 25.1 Å². The van der Waals surface area contributed by atoms with Crippen LogP contribution in [0.1, 0.15) is 24.1 Å². The van der Waals surface area contributed by atoms with E-state index in [1.54, 1.807) is 24.5 Å². The lowest BCUT2D eigenvalue weighted by molar-refractivity contribution is 0.558. The molecule has 0 saturated heterocycles. The van der Waals surface area contributed by atoms with Crippen LogP contribution in [0.15, 0.2) is 47.2 Å². The Morgan fingerprint density at radius 3 is 2.78 bits per heavy atom. The number of hydrogen-bond acceptors (Lipinski definition) is 2. The van der Waals surface area contributed by atoms with Crippen molar-refractivity contribution in [2.45, 2.75) is 13.0 Å². The minimum absolute atomic E-state index is 0.179. The van der Waals surface area contributed by atoms with Gasteiger partial charge in [-0.15, -0.1) is 0 Å². The molecule has 0 radical (unpaired) electrons. The molecule has 18 heavy (non-hydrogen) atoms. The van der Waals surface area contributed by atoms with Crippen molar-refractivity contribution in [2.24, 2.45) is 0 Å². The molecule has 94 valence electrons. The Hall–Kier alpha value is -1.26. The van der Waals surface area contributed by atoms with E-state index in [2.05, 4.69) is 26.2 Å². The zero-order valence-electron chi connectivity index (χ0n) is 10.0. The largest absolute Gasteiger partial charge is 0.306 e. The zero-order valence-corrected chi connectivity index (χ0v) is 11.6. The smallest absolute Gasteiger partial charge is 0.128 e. The van der Waals surface area contributed by atoms with Crippen LogP contribution in [0.2, 0.25) is 0 Å². The number of rotatable bonds is 4. The van der Waals surface area contributed by atoms with Gasteiger partial charge in [-0.2, -0.15) is 0 Å². The molecule has 1 aromatic carbocycles. The minimum Gasteiger partial charge on any atom is -0.306 e. The van der Waals surface area contributed by atoms with Crippen molar-refractivity contribution in [2.75, 3.05) is 6.54 Å². The van der Waals surface area contributed by atoms with Gasteiger partial charge in [0.15, 0.2) is 0 Å². The van der Waals surface area contributed by atoms with Crippen molar-refractivity contribution >= 4 is 15.9 Å². The summed E-state index contributed by atoms with van der Waals surface area (Å²) < 4.78 is 14.8. The molecule has 1 heterocycles. The number of hydrogen-bond donors (Lipinski definition) is 1. The van der Waals surface area contributed by atoms with E-state index in [1.165, 1.54) is 6.07 Å². The monoisotopic (exact) mass is 308 g/mol. The number of pyridine rings is 1. The third-order valence-corrected chi connectivity index (χ3v) is 3.12. The van der Waals surface area contributed by atoms with E-state index in [9.17, 15) is 4.39 Å². The first kappa shape index (κ1) is 13.2. The third kappa shape index (κ3) is 2.94. The molecule has 1 aromatic heterocycles. The molecule has 2 rings (SSSR count). The van der Waals surface area contributed by atoms with Crippen molar-refractivity contribution in [3.63, 3.8) is 0 Å². The van der Waals surface area contributed by atoms with Crippen LogP contribution in [0.3, 0.4) is 0 Å². The quantitative estimate of drug-likeness (QED) is 0.932. The van der Waals surface area contributed by atoms with Gasteiger partial charge < -0.3 is 5.32 Å². The molecule has 0 fully saturated rings. The molecular weight excluding hydrogens is 295 g/mol. The summed E-state index contributed by atoms with van der Waals surface area (Å²) in [6.07, 6.45) is 3.47. The van der Waals surface area contributed by atoms with Gasteiger partial charge in [0.25, 0.3) is 0 Å². The highest BCUT2D eigenvalue weighted by atomic mass is 79.9. The first-order valence-corrected chi connectivity index (χ1v) is 6.60. The van der Waals surface area contributed by atoms with E-state index in [4.69, 9.17) is 0 Å². The maximum absolute atomic E-state index is 13.9. The fourth-order valence-corrected chi connectivity index (χ4v) is 2.29. The fraction of sp³-hybridized carbons (Fsp3) is 0.214. The van der Waals surface area contributed by atoms with Gasteiger partial charge in [-0.05, 0) is 40.2 Å². The van der Waals surface area contributed by atoms with E-state index in [0.717, 1.165) is 16.6 Å². The lowest BCUT2D eigenvalue weighted by Crippen LogP contribution is -2.23. The Balaban J connectivity index is 2.43. The lowest BCUT2D eigenvalue weighted by Gasteiger charge is -2.19. The molecule has 0 aliphatic carbocycles.